The fourth-order valence-electron chi connectivity index (χ4n) is 1.76. The first-order valence-corrected chi connectivity index (χ1v) is 8.33. The molecular weight excluding hydrogens is 260 g/mol. The first-order chi connectivity index (χ1) is 9.18. The molecule has 0 aliphatic heterocycles. The van der Waals surface area contributed by atoms with Crippen LogP contribution in [0.4, 0.5) is 0 Å². The van der Waals surface area contributed by atoms with E-state index in [-0.39, 0.29) is 6.23 Å². The Labute approximate surface area is 115 Å². The molecule has 0 saturated heterocycles. The largest absolute Gasteiger partial charge is 0.460 e. The molecule has 0 atom stereocenters. The second-order valence-corrected chi connectivity index (χ2v) is 6.75. The summed E-state index contributed by atoms with van der Waals surface area (Å²) in [5, 5.41) is 0.954. The summed E-state index contributed by atoms with van der Waals surface area (Å²) in [5.74, 6) is -0.466. The van der Waals surface area contributed by atoms with E-state index in [1.807, 2.05) is 44.2 Å². The molecule has 0 unspecified atom stereocenters. The molecule has 5 heteroatoms. The van der Waals surface area contributed by atoms with Gasteiger partial charge < -0.3 is 13.6 Å². The zero-order valence-corrected chi connectivity index (χ0v) is 12.4. The lowest BCUT2D eigenvalue weighted by Crippen LogP contribution is -2.58. The summed E-state index contributed by atoms with van der Waals surface area (Å²) in [7, 11) is -2.74. The van der Waals surface area contributed by atoms with Crippen LogP contribution >= 0.6 is 0 Å². The molecule has 4 nitrogen and oxygen atoms in total. The highest BCUT2D eigenvalue weighted by atomic mass is 28.4. The molecule has 104 valence electrons. The van der Waals surface area contributed by atoms with E-state index >= 15 is 0 Å². The average molecular weight is 280 g/mol. The highest BCUT2D eigenvalue weighted by Gasteiger charge is 2.41. The van der Waals surface area contributed by atoms with Gasteiger partial charge in [-0.05, 0) is 19.0 Å². The van der Waals surface area contributed by atoms with Gasteiger partial charge in [0.2, 0.25) is 0 Å². The molecule has 0 N–H and O–H groups in total. The normalized spacial score (nSPS) is 11.1. The quantitative estimate of drug-likeness (QED) is 0.413. The third-order valence-electron chi connectivity index (χ3n) is 2.54. The van der Waals surface area contributed by atoms with E-state index in [4.69, 9.17) is 13.6 Å². The molecule has 0 saturated carbocycles. The summed E-state index contributed by atoms with van der Waals surface area (Å²) in [6.45, 7) is 8.20. The van der Waals surface area contributed by atoms with Crippen molar-refractivity contribution in [2.24, 2.45) is 0 Å². The third kappa shape index (κ3) is 4.31. The number of esters is 1. The van der Waals surface area contributed by atoms with Crippen LogP contribution in [-0.2, 0) is 18.4 Å². The Balaban J connectivity index is 2.99. The van der Waals surface area contributed by atoms with Crippen molar-refractivity contribution < 1.29 is 18.4 Å². The van der Waals surface area contributed by atoms with Crippen molar-refractivity contribution in [3.8, 4) is 0 Å². The maximum Gasteiger partial charge on any atom is 0.411 e. The standard InChI is InChI=1S/C14H20O4Si/c1-4-14(15)16-12-19(17-5-2,18-6-3)13-10-8-7-9-11-13/h4,7-11H,1,5-6,12H2,2-3H3. The zero-order chi connectivity index (χ0) is 14.1. The lowest BCUT2D eigenvalue weighted by molar-refractivity contribution is -0.136. The van der Waals surface area contributed by atoms with Gasteiger partial charge >= 0.3 is 14.5 Å². The molecule has 1 aromatic rings. The van der Waals surface area contributed by atoms with Gasteiger partial charge in [0.05, 0.1) is 0 Å². The maximum absolute atomic E-state index is 11.3. The smallest absolute Gasteiger partial charge is 0.411 e. The second kappa shape index (κ2) is 7.88. The second-order valence-electron chi connectivity index (χ2n) is 3.80. The number of hydrogen-bond acceptors (Lipinski definition) is 4. The molecule has 0 aliphatic carbocycles. The molecule has 0 aliphatic rings. The van der Waals surface area contributed by atoms with Crippen LogP contribution in [0.5, 0.6) is 0 Å². The van der Waals surface area contributed by atoms with Gasteiger partial charge in [-0.2, -0.15) is 0 Å². The number of rotatable bonds is 8. The molecule has 0 radical (unpaired) electrons. The topological polar surface area (TPSA) is 44.8 Å². The summed E-state index contributed by atoms with van der Waals surface area (Å²) >= 11 is 0. The van der Waals surface area contributed by atoms with Gasteiger partial charge in [-0.3, -0.25) is 0 Å². The van der Waals surface area contributed by atoms with E-state index in [1.165, 1.54) is 0 Å². The Morgan fingerprint density at radius 2 is 1.79 bits per heavy atom. The van der Waals surface area contributed by atoms with E-state index in [2.05, 4.69) is 6.58 Å². The predicted molar refractivity (Wildman–Crippen MR) is 76.2 cm³/mol. The van der Waals surface area contributed by atoms with Crippen LogP contribution in [0, 0.1) is 0 Å². The molecule has 19 heavy (non-hydrogen) atoms. The summed E-state index contributed by atoms with van der Waals surface area (Å²) in [6, 6.07) is 9.66. The average Bonchev–Trinajstić information content (AvgIpc) is 2.45. The molecule has 0 spiro atoms. The molecule has 0 aromatic heterocycles. The SMILES string of the molecule is C=CC(=O)OC[Si](OCC)(OCC)c1ccccc1. The van der Waals surface area contributed by atoms with Crippen molar-refractivity contribution in [2.75, 3.05) is 19.4 Å². The van der Waals surface area contributed by atoms with E-state index < -0.39 is 14.5 Å². The van der Waals surface area contributed by atoms with Crippen molar-refractivity contribution in [3.05, 3.63) is 43.0 Å². The van der Waals surface area contributed by atoms with Crippen LogP contribution < -0.4 is 5.19 Å². The number of carbonyl (C=O) groups is 1. The minimum Gasteiger partial charge on any atom is -0.460 e. The number of hydrogen-bond donors (Lipinski definition) is 0. The summed E-state index contributed by atoms with van der Waals surface area (Å²) < 4.78 is 16.9. The maximum atomic E-state index is 11.3. The third-order valence-corrected chi connectivity index (χ3v) is 5.79. The lowest BCUT2D eigenvalue weighted by Gasteiger charge is -2.29. The monoisotopic (exact) mass is 280 g/mol. The van der Waals surface area contributed by atoms with Gasteiger partial charge in [0, 0.05) is 19.3 Å². The Hall–Kier alpha value is -1.43. The minimum atomic E-state index is -2.74. The van der Waals surface area contributed by atoms with Crippen LogP contribution in [0.15, 0.2) is 43.0 Å². The van der Waals surface area contributed by atoms with Crippen molar-refractivity contribution in [2.45, 2.75) is 13.8 Å². The van der Waals surface area contributed by atoms with Crippen LogP contribution in [-0.4, -0.2) is 34.0 Å². The molecule has 1 rings (SSSR count). The van der Waals surface area contributed by atoms with E-state index in [1.54, 1.807) is 0 Å². The van der Waals surface area contributed by atoms with Gasteiger partial charge in [0.25, 0.3) is 0 Å². The molecule has 0 amide bonds. The van der Waals surface area contributed by atoms with E-state index in [9.17, 15) is 4.79 Å². The van der Waals surface area contributed by atoms with E-state index in [0.29, 0.717) is 13.2 Å². The number of carbonyl (C=O) groups excluding carboxylic acids is 1. The highest BCUT2D eigenvalue weighted by molar-refractivity contribution is 6.81. The number of benzene rings is 1. The van der Waals surface area contributed by atoms with Crippen molar-refractivity contribution in [3.63, 3.8) is 0 Å². The van der Waals surface area contributed by atoms with Crippen LogP contribution in [0.1, 0.15) is 13.8 Å². The van der Waals surface area contributed by atoms with Crippen LogP contribution in [0.3, 0.4) is 0 Å². The Kier molecular flexibility index (Phi) is 6.48. The highest BCUT2D eigenvalue weighted by Crippen LogP contribution is 2.10. The van der Waals surface area contributed by atoms with E-state index in [0.717, 1.165) is 11.3 Å². The molecule has 1 aromatic carbocycles. The number of ether oxygens (including phenoxy) is 1. The summed E-state index contributed by atoms with van der Waals surface area (Å²) in [6.07, 6.45) is 1.27. The molecular formula is C14H20O4Si. The minimum absolute atomic E-state index is 0.129. The zero-order valence-electron chi connectivity index (χ0n) is 11.4. The Morgan fingerprint density at radius 3 is 2.26 bits per heavy atom. The van der Waals surface area contributed by atoms with Gasteiger partial charge in [0.15, 0.2) is 0 Å². The fourth-order valence-corrected chi connectivity index (χ4v) is 4.47. The van der Waals surface area contributed by atoms with Gasteiger partial charge in [0.1, 0.15) is 6.23 Å². The summed E-state index contributed by atoms with van der Waals surface area (Å²) in [5.41, 5.74) is 0. The summed E-state index contributed by atoms with van der Waals surface area (Å²) in [4.78, 5) is 11.3. The van der Waals surface area contributed by atoms with Crippen molar-refractivity contribution in [1.29, 1.82) is 0 Å². The first-order valence-electron chi connectivity index (χ1n) is 6.31. The van der Waals surface area contributed by atoms with Gasteiger partial charge in [-0.15, -0.1) is 0 Å². The van der Waals surface area contributed by atoms with Crippen LogP contribution in [0.2, 0.25) is 0 Å². The van der Waals surface area contributed by atoms with Crippen molar-refractivity contribution >= 4 is 19.7 Å². The van der Waals surface area contributed by atoms with Crippen LogP contribution in [0.25, 0.3) is 0 Å². The fraction of sp³-hybridized carbons (Fsp3) is 0.357. The molecule has 0 heterocycles. The lowest BCUT2D eigenvalue weighted by atomic mass is 10.4. The van der Waals surface area contributed by atoms with Crippen molar-refractivity contribution in [1.82, 2.24) is 0 Å². The Bertz CT molecular complexity index is 399. The van der Waals surface area contributed by atoms with Gasteiger partial charge in [-0.1, -0.05) is 36.9 Å². The Morgan fingerprint density at radius 1 is 1.21 bits per heavy atom. The molecule has 0 bridgehead atoms. The predicted octanol–water partition coefficient (Wildman–Crippen LogP) is 1.68. The molecule has 0 fully saturated rings. The van der Waals surface area contributed by atoms with Gasteiger partial charge in [-0.25, -0.2) is 4.79 Å². The first kappa shape index (κ1) is 15.6.